The van der Waals surface area contributed by atoms with Gasteiger partial charge in [0, 0.05) is 12.5 Å². The molecule has 1 unspecified atom stereocenters. The lowest BCUT2D eigenvalue weighted by atomic mass is 10.1. The zero-order chi connectivity index (χ0) is 17.8. The zero-order valence-electron chi connectivity index (χ0n) is 13.0. The van der Waals surface area contributed by atoms with E-state index in [1.807, 2.05) is 24.3 Å². The third-order valence-electron chi connectivity index (χ3n) is 3.16. The molecule has 1 saturated heterocycles. The number of amides is 1. The molecule has 0 aliphatic carbocycles. The first-order valence-corrected chi connectivity index (χ1v) is 8.10. The van der Waals surface area contributed by atoms with Gasteiger partial charge in [-0.2, -0.15) is 10.1 Å². The molecule has 1 amide bonds. The van der Waals surface area contributed by atoms with Crippen molar-refractivity contribution in [1.29, 1.82) is 0 Å². The summed E-state index contributed by atoms with van der Waals surface area (Å²) in [6, 6.07) is 7.32. The van der Waals surface area contributed by atoms with Crippen molar-refractivity contribution in [2.45, 2.75) is 18.6 Å². The van der Waals surface area contributed by atoms with E-state index in [9.17, 15) is 9.59 Å². The van der Waals surface area contributed by atoms with Crippen LogP contribution in [0.3, 0.4) is 0 Å². The number of nitrogens with zero attached hydrogens (tertiary/aromatic N) is 4. The highest BCUT2D eigenvalue weighted by molar-refractivity contribution is 8.15. The van der Waals surface area contributed by atoms with Gasteiger partial charge in [0.25, 0.3) is 0 Å². The highest BCUT2D eigenvalue weighted by Gasteiger charge is 2.32. The molecule has 1 aliphatic heterocycles. The van der Waals surface area contributed by atoms with Crippen molar-refractivity contribution >= 4 is 35.0 Å². The minimum Gasteiger partial charge on any atom is -0.481 e. The molecule has 0 spiro atoms. The number of carbonyl (C=O) groups is 2. The number of amidine groups is 1. The van der Waals surface area contributed by atoms with Crippen molar-refractivity contribution in [1.82, 2.24) is 15.5 Å². The van der Waals surface area contributed by atoms with Gasteiger partial charge in [0.1, 0.15) is 5.25 Å². The first-order chi connectivity index (χ1) is 12.0. The molecule has 2 heterocycles. The lowest BCUT2D eigenvalue weighted by molar-refractivity contribution is -0.138. The topological polar surface area (TPSA) is 130 Å². The van der Waals surface area contributed by atoms with E-state index in [4.69, 9.17) is 9.63 Å². The van der Waals surface area contributed by atoms with E-state index >= 15 is 0 Å². The summed E-state index contributed by atoms with van der Waals surface area (Å²) >= 11 is 1.05. The lowest BCUT2D eigenvalue weighted by Crippen LogP contribution is -2.26. The number of aromatic nitrogens is 2. The van der Waals surface area contributed by atoms with Gasteiger partial charge in [0.05, 0.1) is 12.6 Å². The number of hydrogen-bond acceptors (Lipinski definition) is 8. The zero-order valence-corrected chi connectivity index (χ0v) is 13.9. The van der Waals surface area contributed by atoms with Crippen LogP contribution in [0.25, 0.3) is 11.4 Å². The van der Waals surface area contributed by atoms with E-state index in [0.29, 0.717) is 11.7 Å². The third kappa shape index (κ3) is 4.29. The number of nitrogens with one attached hydrogen (secondary N) is 1. The molecule has 2 aromatic rings. The van der Waals surface area contributed by atoms with Crippen molar-refractivity contribution in [3.63, 3.8) is 0 Å². The molecule has 1 atom stereocenters. The number of hydrogen-bond donors (Lipinski definition) is 2. The number of carbonyl (C=O) groups excluding carboxylic acids is 1. The number of thioether (sulfide) groups is 1. The Bertz CT molecular complexity index is 876. The normalized spacial score (nSPS) is 18.8. The molecule has 9 nitrogen and oxygen atoms in total. The molecule has 128 valence electrons. The molecular weight excluding hydrogens is 346 g/mol. The van der Waals surface area contributed by atoms with E-state index in [0.717, 1.165) is 22.9 Å². The maximum absolute atomic E-state index is 11.6. The van der Waals surface area contributed by atoms with Crippen molar-refractivity contribution in [3.05, 3.63) is 35.7 Å². The Morgan fingerprint density at radius 2 is 2.36 bits per heavy atom. The van der Waals surface area contributed by atoms with E-state index in [2.05, 4.69) is 25.7 Å². The Kier molecular flexibility index (Phi) is 4.89. The molecule has 0 bridgehead atoms. The summed E-state index contributed by atoms with van der Waals surface area (Å²) < 4.78 is 4.95. The molecule has 25 heavy (non-hydrogen) atoms. The van der Waals surface area contributed by atoms with Gasteiger partial charge in [-0.05, 0) is 11.6 Å². The average Bonchev–Trinajstić information content (AvgIpc) is 3.14. The molecule has 2 N–H and O–H groups in total. The fraction of sp³-hybridized carbons (Fsp3) is 0.200. The Morgan fingerprint density at radius 3 is 3.08 bits per heavy atom. The van der Waals surface area contributed by atoms with Crippen LogP contribution in [0, 0.1) is 6.92 Å². The van der Waals surface area contributed by atoms with Crippen LogP contribution in [0.4, 0.5) is 0 Å². The minimum atomic E-state index is -1.04. The van der Waals surface area contributed by atoms with Crippen molar-refractivity contribution in [2.75, 3.05) is 0 Å². The first kappa shape index (κ1) is 16.8. The monoisotopic (exact) mass is 359 g/mol. The number of carboxylic acid groups (broad SMARTS) is 1. The van der Waals surface area contributed by atoms with Crippen molar-refractivity contribution in [2.24, 2.45) is 10.2 Å². The van der Waals surface area contributed by atoms with Gasteiger partial charge < -0.3 is 14.9 Å². The molecule has 1 aromatic carbocycles. The molecule has 0 radical (unpaired) electrons. The Morgan fingerprint density at radius 1 is 1.52 bits per heavy atom. The number of rotatable bonds is 5. The highest BCUT2D eigenvalue weighted by Crippen LogP contribution is 2.22. The fourth-order valence-electron chi connectivity index (χ4n) is 2.07. The molecule has 1 aromatic heterocycles. The fourth-order valence-corrected chi connectivity index (χ4v) is 2.98. The van der Waals surface area contributed by atoms with E-state index in [1.165, 1.54) is 6.21 Å². The van der Waals surface area contributed by atoms with E-state index in [1.54, 1.807) is 6.92 Å². The lowest BCUT2D eigenvalue weighted by Gasteiger charge is -1.98. The number of aliphatic carboxylic acids is 1. The minimum absolute atomic E-state index is 0.259. The van der Waals surface area contributed by atoms with Crippen LogP contribution in [-0.2, 0) is 9.59 Å². The van der Waals surface area contributed by atoms with Gasteiger partial charge in [-0.15, -0.1) is 5.10 Å². The van der Waals surface area contributed by atoms with Crippen LogP contribution in [0.5, 0.6) is 0 Å². The SMILES string of the molecule is Cc1nc(-c2cccc(C=NN=C3NC(=O)C(CC(=O)O)S3)c2)no1. The summed E-state index contributed by atoms with van der Waals surface area (Å²) in [5.41, 5.74) is 1.54. The molecule has 10 heteroatoms. The van der Waals surface area contributed by atoms with E-state index < -0.39 is 11.2 Å². The second-order valence-corrected chi connectivity index (χ2v) is 6.30. The second-order valence-electron chi connectivity index (χ2n) is 5.11. The molecule has 1 fully saturated rings. The quantitative estimate of drug-likeness (QED) is 0.610. The van der Waals surface area contributed by atoms with E-state index in [-0.39, 0.29) is 17.5 Å². The standard InChI is InChI=1S/C15H13N5O4S/c1-8-17-13(20-24-8)10-4-2-3-9(5-10)7-16-19-15-18-14(23)11(25-15)6-12(21)22/h2-5,7,11H,6H2,1H3,(H,21,22)(H,18,19,23). The van der Waals surface area contributed by atoms with Crippen molar-refractivity contribution in [3.8, 4) is 11.4 Å². The van der Waals surface area contributed by atoms with Crippen LogP contribution in [0.1, 0.15) is 17.9 Å². The second kappa shape index (κ2) is 7.26. The number of benzene rings is 1. The van der Waals surface area contributed by atoms with Crippen LogP contribution in [0.2, 0.25) is 0 Å². The van der Waals surface area contributed by atoms with Gasteiger partial charge in [0.15, 0.2) is 5.17 Å². The van der Waals surface area contributed by atoms with Gasteiger partial charge in [-0.25, -0.2) is 0 Å². The number of aryl methyl sites for hydroxylation is 1. The summed E-state index contributed by atoms with van der Waals surface area (Å²) in [6.45, 7) is 1.71. The Labute approximate surface area is 146 Å². The molecule has 3 rings (SSSR count). The predicted octanol–water partition coefficient (Wildman–Crippen LogP) is 1.44. The summed E-state index contributed by atoms with van der Waals surface area (Å²) in [7, 11) is 0. The molecule has 1 aliphatic rings. The van der Waals surface area contributed by atoms with Crippen molar-refractivity contribution < 1.29 is 19.2 Å². The highest BCUT2D eigenvalue weighted by atomic mass is 32.2. The molecule has 0 saturated carbocycles. The van der Waals surface area contributed by atoms with Gasteiger partial charge in [-0.1, -0.05) is 35.1 Å². The average molecular weight is 359 g/mol. The largest absolute Gasteiger partial charge is 0.481 e. The first-order valence-electron chi connectivity index (χ1n) is 7.22. The van der Waals surface area contributed by atoms with Gasteiger partial charge in [0.2, 0.25) is 17.6 Å². The molecular formula is C15H13N5O4S. The van der Waals surface area contributed by atoms with Crippen LogP contribution >= 0.6 is 11.8 Å². The third-order valence-corrected chi connectivity index (χ3v) is 4.24. The van der Waals surface area contributed by atoms with Crippen LogP contribution < -0.4 is 5.32 Å². The van der Waals surface area contributed by atoms with Gasteiger partial charge in [-0.3, -0.25) is 9.59 Å². The maximum Gasteiger partial charge on any atom is 0.305 e. The van der Waals surface area contributed by atoms with Gasteiger partial charge >= 0.3 is 5.97 Å². The summed E-state index contributed by atoms with van der Waals surface area (Å²) in [5, 5.41) is 22.5. The Hall–Kier alpha value is -3.01. The Balaban J connectivity index is 1.68. The smallest absolute Gasteiger partial charge is 0.305 e. The summed E-state index contributed by atoms with van der Waals surface area (Å²) in [6.07, 6.45) is 1.26. The maximum atomic E-state index is 11.6. The predicted molar refractivity (Wildman–Crippen MR) is 91.3 cm³/mol. The number of carboxylic acids is 1. The van der Waals surface area contributed by atoms with Crippen LogP contribution in [0.15, 0.2) is 39.0 Å². The van der Waals surface area contributed by atoms with Crippen LogP contribution in [-0.4, -0.2) is 43.8 Å². The summed E-state index contributed by atoms with van der Waals surface area (Å²) in [4.78, 5) is 26.4. The summed E-state index contributed by atoms with van der Waals surface area (Å²) in [5.74, 6) is -0.457.